The average molecular weight is 192 g/mol. The van der Waals surface area contributed by atoms with Crippen molar-refractivity contribution in [1.29, 1.82) is 0 Å². The molecule has 1 aromatic heterocycles. The maximum absolute atomic E-state index is 12.4. The van der Waals surface area contributed by atoms with E-state index >= 15 is 0 Å². The van der Waals surface area contributed by atoms with Gasteiger partial charge < -0.3 is 9.84 Å². The standard InChI is InChI=1S/C6H6F2N2O3/c1-10-3-4(2-9-10)13-6(7,8)5(11)12/h2-3H,1H3,(H,11,12). The van der Waals surface area contributed by atoms with Gasteiger partial charge in [0.05, 0.1) is 12.4 Å². The number of rotatable bonds is 3. The Hall–Kier alpha value is -1.66. The van der Waals surface area contributed by atoms with Crippen molar-refractivity contribution in [3.05, 3.63) is 12.4 Å². The van der Waals surface area contributed by atoms with Crippen LogP contribution in [0.1, 0.15) is 0 Å². The molecule has 0 saturated heterocycles. The molecule has 0 radical (unpaired) electrons. The maximum atomic E-state index is 12.4. The second kappa shape index (κ2) is 3.00. The Morgan fingerprint density at radius 1 is 1.77 bits per heavy atom. The summed E-state index contributed by atoms with van der Waals surface area (Å²) in [4.78, 5) is 9.93. The van der Waals surface area contributed by atoms with Crippen LogP contribution in [0.25, 0.3) is 0 Å². The Kier molecular flexibility index (Phi) is 2.18. The Morgan fingerprint density at radius 3 is 2.77 bits per heavy atom. The summed E-state index contributed by atoms with van der Waals surface area (Å²) in [5.41, 5.74) is 0. The molecule has 1 aromatic rings. The predicted octanol–water partition coefficient (Wildman–Crippen LogP) is 0.476. The molecular formula is C6H6F2N2O3. The quantitative estimate of drug-likeness (QED) is 0.756. The van der Waals surface area contributed by atoms with Gasteiger partial charge in [0.25, 0.3) is 0 Å². The van der Waals surface area contributed by atoms with Gasteiger partial charge in [-0.3, -0.25) is 4.68 Å². The van der Waals surface area contributed by atoms with Crippen molar-refractivity contribution in [1.82, 2.24) is 9.78 Å². The molecule has 0 spiro atoms. The molecule has 0 amide bonds. The third-order valence-corrected chi connectivity index (χ3v) is 1.18. The number of hydrogen-bond donors (Lipinski definition) is 1. The molecule has 1 N–H and O–H groups in total. The van der Waals surface area contributed by atoms with E-state index in [1.807, 2.05) is 0 Å². The summed E-state index contributed by atoms with van der Waals surface area (Å²) < 4.78 is 29.8. The topological polar surface area (TPSA) is 64.3 Å². The Balaban J connectivity index is 2.74. The molecule has 7 heteroatoms. The van der Waals surface area contributed by atoms with E-state index in [9.17, 15) is 13.6 Å². The number of carboxylic acids is 1. The van der Waals surface area contributed by atoms with Crippen LogP contribution < -0.4 is 4.74 Å². The number of aryl methyl sites for hydroxylation is 1. The number of alkyl halides is 2. The number of ether oxygens (including phenoxy) is 1. The van der Waals surface area contributed by atoms with Crippen LogP contribution in [-0.2, 0) is 11.8 Å². The van der Waals surface area contributed by atoms with Gasteiger partial charge in [-0.1, -0.05) is 0 Å². The zero-order valence-corrected chi connectivity index (χ0v) is 6.57. The summed E-state index contributed by atoms with van der Waals surface area (Å²) in [7, 11) is 1.49. The van der Waals surface area contributed by atoms with E-state index in [-0.39, 0.29) is 5.75 Å². The lowest BCUT2D eigenvalue weighted by Crippen LogP contribution is -2.34. The molecule has 0 aliphatic carbocycles. The highest BCUT2D eigenvalue weighted by Gasteiger charge is 2.42. The van der Waals surface area contributed by atoms with Crippen LogP contribution >= 0.6 is 0 Å². The molecule has 0 aliphatic heterocycles. The highest BCUT2D eigenvalue weighted by molar-refractivity contribution is 5.73. The largest absolute Gasteiger partial charge is 0.502 e. The first kappa shape index (κ1) is 9.43. The Bertz CT molecular complexity index is 323. The van der Waals surface area contributed by atoms with Gasteiger partial charge in [0.15, 0.2) is 5.75 Å². The van der Waals surface area contributed by atoms with Crippen LogP contribution in [0, 0.1) is 0 Å². The van der Waals surface area contributed by atoms with Gasteiger partial charge >= 0.3 is 12.1 Å². The number of aromatic nitrogens is 2. The van der Waals surface area contributed by atoms with Gasteiger partial charge in [-0.05, 0) is 0 Å². The van der Waals surface area contributed by atoms with Gasteiger partial charge in [-0.15, -0.1) is 0 Å². The number of carboxylic acid groups (broad SMARTS) is 1. The minimum absolute atomic E-state index is 0.296. The third kappa shape index (κ3) is 2.14. The first-order valence-electron chi connectivity index (χ1n) is 3.20. The van der Waals surface area contributed by atoms with Crippen LogP contribution in [0.3, 0.4) is 0 Å². The molecule has 0 aliphatic rings. The summed E-state index contributed by atoms with van der Waals surface area (Å²) in [6, 6.07) is 0. The number of carbonyl (C=O) groups is 1. The third-order valence-electron chi connectivity index (χ3n) is 1.18. The fraction of sp³-hybridized carbons (Fsp3) is 0.333. The van der Waals surface area contributed by atoms with Gasteiger partial charge in [-0.25, -0.2) is 4.79 Å². The second-order valence-corrected chi connectivity index (χ2v) is 2.27. The second-order valence-electron chi connectivity index (χ2n) is 2.27. The molecule has 0 unspecified atom stereocenters. The van der Waals surface area contributed by atoms with Gasteiger partial charge in [-0.2, -0.15) is 13.9 Å². The molecule has 13 heavy (non-hydrogen) atoms. The summed E-state index contributed by atoms with van der Waals surface area (Å²) in [5, 5.41) is 11.5. The minimum Gasteiger partial charge on any atom is -0.474 e. The van der Waals surface area contributed by atoms with Crippen molar-refractivity contribution in [2.45, 2.75) is 6.11 Å². The van der Waals surface area contributed by atoms with Crippen molar-refractivity contribution in [3.63, 3.8) is 0 Å². The lowest BCUT2D eigenvalue weighted by Gasteiger charge is -2.10. The van der Waals surface area contributed by atoms with Crippen molar-refractivity contribution < 1.29 is 23.4 Å². The fourth-order valence-electron chi connectivity index (χ4n) is 0.643. The predicted molar refractivity (Wildman–Crippen MR) is 36.4 cm³/mol. The monoisotopic (exact) mass is 192 g/mol. The summed E-state index contributed by atoms with van der Waals surface area (Å²) in [6.07, 6.45) is -2.09. The molecule has 1 heterocycles. The van der Waals surface area contributed by atoms with E-state index in [0.717, 1.165) is 12.4 Å². The van der Waals surface area contributed by atoms with Crippen LogP contribution in [0.15, 0.2) is 12.4 Å². The molecule has 0 fully saturated rings. The fourth-order valence-corrected chi connectivity index (χ4v) is 0.643. The smallest absolute Gasteiger partial charge is 0.474 e. The van der Waals surface area contributed by atoms with Crippen LogP contribution in [0.4, 0.5) is 8.78 Å². The molecule has 0 saturated carbocycles. The van der Waals surface area contributed by atoms with Crippen LogP contribution in [0.2, 0.25) is 0 Å². The van der Waals surface area contributed by atoms with E-state index in [1.165, 1.54) is 11.7 Å². The highest BCUT2D eigenvalue weighted by atomic mass is 19.3. The molecule has 72 valence electrons. The van der Waals surface area contributed by atoms with Crippen molar-refractivity contribution >= 4 is 5.97 Å². The number of hydrogen-bond acceptors (Lipinski definition) is 3. The van der Waals surface area contributed by atoms with E-state index in [1.54, 1.807) is 0 Å². The lowest BCUT2D eigenvalue weighted by atomic mass is 10.6. The van der Waals surface area contributed by atoms with Crippen LogP contribution in [-0.4, -0.2) is 27.0 Å². The molecule has 1 rings (SSSR count). The zero-order chi connectivity index (χ0) is 10.1. The number of nitrogens with zero attached hydrogens (tertiary/aromatic N) is 2. The van der Waals surface area contributed by atoms with E-state index < -0.39 is 12.1 Å². The number of aliphatic carboxylic acids is 1. The first-order chi connectivity index (χ1) is 5.92. The maximum Gasteiger partial charge on any atom is 0.502 e. The average Bonchev–Trinajstić information content (AvgIpc) is 2.34. The van der Waals surface area contributed by atoms with E-state index in [2.05, 4.69) is 9.84 Å². The molecule has 0 bridgehead atoms. The Labute approximate surface area is 71.5 Å². The van der Waals surface area contributed by atoms with E-state index in [0.29, 0.717) is 0 Å². The van der Waals surface area contributed by atoms with Crippen molar-refractivity contribution in [3.8, 4) is 5.75 Å². The Morgan fingerprint density at radius 2 is 2.38 bits per heavy atom. The molecule has 0 aromatic carbocycles. The highest BCUT2D eigenvalue weighted by Crippen LogP contribution is 2.20. The van der Waals surface area contributed by atoms with Crippen LogP contribution in [0.5, 0.6) is 5.75 Å². The summed E-state index contributed by atoms with van der Waals surface area (Å²) in [5.74, 6) is -2.63. The van der Waals surface area contributed by atoms with Gasteiger partial charge in [0, 0.05) is 7.05 Å². The summed E-state index contributed by atoms with van der Waals surface area (Å²) in [6.45, 7) is 0. The normalized spacial score (nSPS) is 11.3. The first-order valence-corrected chi connectivity index (χ1v) is 3.20. The van der Waals surface area contributed by atoms with Gasteiger partial charge in [0.1, 0.15) is 0 Å². The van der Waals surface area contributed by atoms with E-state index in [4.69, 9.17) is 5.11 Å². The van der Waals surface area contributed by atoms with Crippen molar-refractivity contribution in [2.75, 3.05) is 0 Å². The zero-order valence-electron chi connectivity index (χ0n) is 6.57. The molecule has 0 atom stereocenters. The SMILES string of the molecule is Cn1cc(OC(F)(F)C(=O)O)cn1. The summed E-state index contributed by atoms with van der Waals surface area (Å²) >= 11 is 0. The van der Waals surface area contributed by atoms with Crippen molar-refractivity contribution in [2.24, 2.45) is 7.05 Å². The number of halogens is 2. The molecule has 5 nitrogen and oxygen atoms in total. The molecular weight excluding hydrogens is 186 g/mol. The minimum atomic E-state index is -4.22. The van der Waals surface area contributed by atoms with Gasteiger partial charge in [0.2, 0.25) is 0 Å². The lowest BCUT2D eigenvalue weighted by molar-refractivity contribution is -0.210.